The summed E-state index contributed by atoms with van der Waals surface area (Å²) >= 11 is 1.02. The first kappa shape index (κ1) is 15.9. The second-order valence-corrected chi connectivity index (χ2v) is 8.22. The molecule has 0 unspecified atom stereocenters. The largest absolute Gasteiger partial charge is 0.417 e. The van der Waals surface area contributed by atoms with Gasteiger partial charge in [0.05, 0.1) is 0 Å². The first-order valence-electron chi connectivity index (χ1n) is 3.30. The van der Waals surface area contributed by atoms with Gasteiger partial charge in [-0.1, -0.05) is 5.04 Å². The Morgan fingerprint density at radius 2 is 1.92 bits per heavy atom. The van der Waals surface area contributed by atoms with Crippen molar-refractivity contribution in [3.05, 3.63) is 0 Å². The van der Waals surface area contributed by atoms with Crippen molar-refractivity contribution in [1.29, 1.82) is 0 Å². The normalized spacial score (nSPS) is 11.0. The molecular weight excluding hydrogens is 207 g/mol. The average Bonchev–Trinajstić information content (AvgIpc) is 1.85. The van der Waals surface area contributed by atoms with E-state index in [1.165, 1.54) is 0 Å². The Hall–Kier alpha value is 1.41. The van der Waals surface area contributed by atoms with Gasteiger partial charge < -0.3 is 4.43 Å². The van der Waals surface area contributed by atoms with Gasteiger partial charge in [0, 0.05) is 54.0 Å². The van der Waals surface area contributed by atoms with Gasteiger partial charge in [0.2, 0.25) is 0 Å². The van der Waals surface area contributed by atoms with Crippen molar-refractivity contribution in [1.82, 2.24) is 0 Å². The second-order valence-electron chi connectivity index (χ2n) is 2.93. The molecule has 0 rings (SSSR count). The van der Waals surface area contributed by atoms with E-state index in [4.69, 9.17) is 9.68 Å². The Labute approximate surface area is 100 Å². The first-order valence-corrected chi connectivity index (χ1v) is 7.62. The Bertz CT molecular complexity index is 99.9. The molecule has 1 N–H and O–H groups in total. The summed E-state index contributed by atoms with van der Waals surface area (Å²) in [5.74, 6) is 0.658. The van der Waals surface area contributed by atoms with Crippen molar-refractivity contribution in [2.45, 2.75) is 19.6 Å². The van der Waals surface area contributed by atoms with E-state index in [1.54, 1.807) is 0 Å². The molecule has 0 aromatic rings. The summed E-state index contributed by atoms with van der Waals surface area (Å²) in [5, 5.41) is 11.1. The Balaban J connectivity index is 0. The Kier molecular flexibility index (Phi) is 11.9. The van der Waals surface area contributed by atoms with Gasteiger partial charge in [-0.15, -0.1) is 4.33 Å². The summed E-state index contributed by atoms with van der Waals surface area (Å²) in [7, 11) is -1.39. The van der Waals surface area contributed by atoms with Crippen LogP contribution in [-0.2, 0) is 13.8 Å². The predicted molar refractivity (Wildman–Crippen MR) is 52.3 cm³/mol. The molecule has 0 aliphatic heterocycles. The van der Waals surface area contributed by atoms with Crippen LogP contribution >= 0.6 is 12.0 Å². The molecule has 0 saturated heterocycles. The average molecular weight is 221 g/mol. The van der Waals surface area contributed by atoms with Crippen LogP contribution in [0.25, 0.3) is 0 Å². The van der Waals surface area contributed by atoms with E-state index in [1.807, 2.05) is 0 Å². The van der Waals surface area contributed by atoms with Crippen molar-refractivity contribution in [2.75, 3.05) is 12.4 Å². The molecule has 1 radical (unpaired) electrons. The van der Waals surface area contributed by atoms with Gasteiger partial charge in [0.1, 0.15) is 0 Å². The van der Waals surface area contributed by atoms with Crippen molar-refractivity contribution < 1.29 is 19.1 Å². The topological polar surface area (TPSA) is 47.9 Å². The van der Waals surface area contributed by atoms with Crippen LogP contribution in [0.3, 0.4) is 0 Å². The van der Waals surface area contributed by atoms with E-state index >= 15 is 0 Å². The maximum absolute atomic E-state index is 7.75. The molecule has 0 amide bonds. The fourth-order valence-electron chi connectivity index (χ4n) is 0.437. The summed E-state index contributed by atoms with van der Waals surface area (Å²) in [6.07, 6.45) is 0. The zero-order chi connectivity index (χ0) is 8.74. The van der Waals surface area contributed by atoms with Crippen LogP contribution in [-0.4, -0.2) is 55.5 Å². The summed E-state index contributed by atoms with van der Waals surface area (Å²) in [6, 6.07) is 0. The second kappa shape index (κ2) is 8.98. The molecular formula is C5H14NaO4SSi. The fraction of sp³-hybridized carbons (Fsp3) is 1.00. The molecule has 0 atom stereocenters. The number of hydrogen-bond donors (Lipinski definition) is 1. The summed E-state index contributed by atoms with van der Waals surface area (Å²) < 4.78 is 9.63. The van der Waals surface area contributed by atoms with E-state index in [-0.39, 0.29) is 29.6 Å². The molecule has 0 saturated carbocycles. The van der Waals surface area contributed by atoms with E-state index < -0.39 is 8.32 Å². The van der Waals surface area contributed by atoms with Crippen molar-refractivity contribution in [3.63, 3.8) is 0 Å². The third-order valence-electron chi connectivity index (χ3n) is 0.780. The van der Waals surface area contributed by atoms with Crippen LogP contribution < -0.4 is 0 Å². The zero-order valence-corrected chi connectivity index (χ0v) is 11.8. The van der Waals surface area contributed by atoms with Crippen LogP contribution in [0.2, 0.25) is 19.6 Å². The number of rotatable bonds is 6. The predicted octanol–water partition coefficient (Wildman–Crippen LogP) is 1.53. The minimum Gasteiger partial charge on any atom is -0.417 e. The standard InChI is InChI=1S/C5H14O4SSi.Na/c1-11(2,3)7-4-5-10-9-8-6;/h6H,4-5H2,1-3H3;. The quantitative estimate of drug-likeness (QED) is 0.242. The molecule has 12 heavy (non-hydrogen) atoms. The van der Waals surface area contributed by atoms with Crippen LogP contribution in [0.1, 0.15) is 0 Å². The van der Waals surface area contributed by atoms with Crippen LogP contribution in [0.5, 0.6) is 0 Å². The van der Waals surface area contributed by atoms with Crippen LogP contribution in [0.15, 0.2) is 0 Å². The minimum atomic E-state index is -1.39. The van der Waals surface area contributed by atoms with Crippen molar-refractivity contribution in [3.8, 4) is 0 Å². The molecule has 0 spiro atoms. The molecule has 7 heteroatoms. The molecule has 0 heterocycles. The van der Waals surface area contributed by atoms with E-state index in [0.717, 1.165) is 12.0 Å². The maximum Gasteiger partial charge on any atom is 0.183 e. The summed E-state index contributed by atoms with van der Waals surface area (Å²) in [5.41, 5.74) is 0. The molecule has 0 aliphatic rings. The SMILES string of the molecule is C[Si](C)(C)OCCSOOO.[Na]. The van der Waals surface area contributed by atoms with E-state index in [0.29, 0.717) is 12.4 Å². The van der Waals surface area contributed by atoms with Gasteiger partial charge in [-0.25, -0.2) is 5.26 Å². The van der Waals surface area contributed by atoms with Gasteiger partial charge >= 0.3 is 0 Å². The van der Waals surface area contributed by atoms with Gasteiger partial charge in [-0.2, -0.15) is 0 Å². The molecule has 0 aromatic heterocycles. The van der Waals surface area contributed by atoms with E-state index in [2.05, 4.69) is 29.0 Å². The molecule has 4 nitrogen and oxygen atoms in total. The van der Waals surface area contributed by atoms with Crippen molar-refractivity contribution in [2.24, 2.45) is 0 Å². The minimum absolute atomic E-state index is 0. The molecule has 69 valence electrons. The summed E-state index contributed by atoms with van der Waals surface area (Å²) in [4.78, 5) is 0. The smallest absolute Gasteiger partial charge is 0.183 e. The van der Waals surface area contributed by atoms with Crippen LogP contribution in [0.4, 0.5) is 0 Å². The third kappa shape index (κ3) is 14.0. The zero-order valence-electron chi connectivity index (χ0n) is 7.99. The van der Waals surface area contributed by atoms with Gasteiger partial charge in [-0.05, 0) is 19.6 Å². The molecule has 0 bridgehead atoms. The number of hydrogen-bond acceptors (Lipinski definition) is 5. The third-order valence-corrected chi connectivity index (χ3v) is 2.34. The summed E-state index contributed by atoms with van der Waals surface area (Å²) in [6.45, 7) is 6.97. The maximum atomic E-state index is 7.75. The Morgan fingerprint density at radius 1 is 1.33 bits per heavy atom. The van der Waals surface area contributed by atoms with E-state index in [9.17, 15) is 0 Å². The van der Waals surface area contributed by atoms with Gasteiger partial charge in [-0.3, -0.25) is 0 Å². The first-order chi connectivity index (χ1) is 5.06. The fourth-order valence-corrected chi connectivity index (χ4v) is 1.56. The van der Waals surface area contributed by atoms with Gasteiger partial charge in [0.25, 0.3) is 0 Å². The molecule has 0 fully saturated rings. The molecule has 0 aromatic carbocycles. The van der Waals surface area contributed by atoms with Crippen molar-refractivity contribution >= 4 is 49.9 Å². The monoisotopic (exact) mass is 221 g/mol. The molecule has 0 aliphatic carbocycles. The Morgan fingerprint density at radius 3 is 2.33 bits per heavy atom. The van der Waals surface area contributed by atoms with Crippen LogP contribution in [0, 0.1) is 0 Å². The van der Waals surface area contributed by atoms with Gasteiger partial charge in [0.15, 0.2) is 8.32 Å².